The Labute approximate surface area is 109 Å². The molecule has 1 heterocycles. The topological polar surface area (TPSA) is 48.7 Å². The zero-order valence-corrected chi connectivity index (χ0v) is 11.2. The lowest BCUT2D eigenvalue weighted by atomic mass is 9.83. The third-order valence-electron chi connectivity index (χ3n) is 4.03. The fraction of sp³-hybridized carbons (Fsp3) is 0.600. The maximum absolute atomic E-state index is 9.22. The summed E-state index contributed by atoms with van der Waals surface area (Å²) in [5.74, 6) is 1.48. The molecule has 1 saturated carbocycles. The number of nitrogens with one attached hydrogen (secondary N) is 1. The van der Waals surface area contributed by atoms with Gasteiger partial charge >= 0.3 is 0 Å². The molecule has 1 aliphatic carbocycles. The summed E-state index contributed by atoms with van der Waals surface area (Å²) in [5.41, 5.74) is 1.69. The SMILES string of the molecule is CCC1CCCCC1Nc1nccc(C)c1C#N. The minimum absolute atomic E-state index is 0.477. The van der Waals surface area contributed by atoms with E-state index in [1.807, 2.05) is 13.0 Å². The van der Waals surface area contributed by atoms with E-state index in [0.717, 1.165) is 11.4 Å². The number of nitrogens with zero attached hydrogens (tertiary/aromatic N) is 2. The van der Waals surface area contributed by atoms with Gasteiger partial charge in [-0.15, -0.1) is 0 Å². The summed E-state index contributed by atoms with van der Waals surface area (Å²) in [5, 5.41) is 12.7. The van der Waals surface area contributed by atoms with Crippen molar-refractivity contribution in [3.05, 3.63) is 23.4 Å². The van der Waals surface area contributed by atoms with Crippen LogP contribution in [-0.2, 0) is 0 Å². The third kappa shape index (κ3) is 2.64. The number of aromatic nitrogens is 1. The molecule has 2 rings (SSSR count). The first-order chi connectivity index (χ1) is 8.76. The lowest BCUT2D eigenvalue weighted by Gasteiger charge is -2.32. The minimum atomic E-state index is 0.477. The Kier molecular flexibility index (Phi) is 4.19. The summed E-state index contributed by atoms with van der Waals surface area (Å²) in [7, 11) is 0. The molecule has 96 valence electrons. The van der Waals surface area contributed by atoms with E-state index in [1.54, 1.807) is 6.20 Å². The van der Waals surface area contributed by atoms with Crippen LogP contribution < -0.4 is 5.32 Å². The first kappa shape index (κ1) is 12.9. The second kappa shape index (κ2) is 5.86. The average molecular weight is 243 g/mol. The monoisotopic (exact) mass is 243 g/mol. The number of hydrogen-bond acceptors (Lipinski definition) is 3. The smallest absolute Gasteiger partial charge is 0.144 e. The largest absolute Gasteiger partial charge is 0.366 e. The Balaban J connectivity index is 2.18. The van der Waals surface area contributed by atoms with Crippen molar-refractivity contribution in [2.24, 2.45) is 5.92 Å². The Morgan fingerprint density at radius 1 is 1.44 bits per heavy atom. The Bertz CT molecular complexity index is 448. The van der Waals surface area contributed by atoms with Gasteiger partial charge in [-0.3, -0.25) is 0 Å². The van der Waals surface area contributed by atoms with E-state index in [2.05, 4.69) is 23.3 Å². The second-order valence-corrected chi connectivity index (χ2v) is 5.17. The van der Waals surface area contributed by atoms with Gasteiger partial charge in [0.25, 0.3) is 0 Å². The fourth-order valence-corrected chi connectivity index (χ4v) is 2.87. The van der Waals surface area contributed by atoms with E-state index in [1.165, 1.54) is 32.1 Å². The molecule has 3 nitrogen and oxygen atoms in total. The van der Waals surface area contributed by atoms with Crippen LogP contribution in [0.1, 0.15) is 50.2 Å². The molecule has 1 aliphatic rings. The molecule has 18 heavy (non-hydrogen) atoms. The molecule has 1 aromatic heterocycles. The molecule has 0 aliphatic heterocycles. The van der Waals surface area contributed by atoms with Gasteiger partial charge in [0.05, 0.1) is 5.56 Å². The molecule has 0 aromatic carbocycles. The molecule has 0 saturated heterocycles. The molecule has 0 spiro atoms. The predicted octanol–water partition coefficient (Wildman–Crippen LogP) is 3.64. The number of rotatable bonds is 3. The van der Waals surface area contributed by atoms with Gasteiger partial charge in [-0.05, 0) is 37.3 Å². The Morgan fingerprint density at radius 3 is 2.94 bits per heavy atom. The van der Waals surface area contributed by atoms with Crippen LogP contribution in [0.2, 0.25) is 0 Å². The van der Waals surface area contributed by atoms with Crippen molar-refractivity contribution in [1.82, 2.24) is 4.98 Å². The van der Waals surface area contributed by atoms with Crippen LogP contribution in [0.25, 0.3) is 0 Å². The molecule has 1 aromatic rings. The number of pyridine rings is 1. The van der Waals surface area contributed by atoms with Crippen molar-refractivity contribution in [1.29, 1.82) is 5.26 Å². The fourth-order valence-electron chi connectivity index (χ4n) is 2.87. The summed E-state index contributed by atoms with van der Waals surface area (Å²) in [4.78, 5) is 4.34. The van der Waals surface area contributed by atoms with Gasteiger partial charge in [-0.1, -0.05) is 26.2 Å². The standard InChI is InChI=1S/C15H21N3/c1-3-12-6-4-5-7-14(12)18-15-13(10-16)11(2)8-9-17-15/h8-9,12,14H,3-7H2,1-2H3,(H,17,18). The Morgan fingerprint density at radius 2 is 2.22 bits per heavy atom. The molecule has 2 atom stereocenters. The van der Waals surface area contributed by atoms with Gasteiger partial charge in [0, 0.05) is 12.2 Å². The molecule has 3 heteroatoms. The molecular weight excluding hydrogens is 222 g/mol. The predicted molar refractivity (Wildman–Crippen MR) is 73.3 cm³/mol. The van der Waals surface area contributed by atoms with Gasteiger partial charge in [0.1, 0.15) is 11.9 Å². The zero-order chi connectivity index (χ0) is 13.0. The van der Waals surface area contributed by atoms with Crippen LogP contribution in [0.4, 0.5) is 5.82 Å². The van der Waals surface area contributed by atoms with E-state index in [9.17, 15) is 5.26 Å². The van der Waals surface area contributed by atoms with Crippen molar-refractivity contribution < 1.29 is 0 Å². The molecule has 0 radical (unpaired) electrons. The van der Waals surface area contributed by atoms with Crippen molar-refractivity contribution in [3.63, 3.8) is 0 Å². The summed E-state index contributed by atoms with van der Waals surface area (Å²) >= 11 is 0. The van der Waals surface area contributed by atoms with Crippen molar-refractivity contribution in [3.8, 4) is 6.07 Å². The maximum Gasteiger partial charge on any atom is 0.144 e. The van der Waals surface area contributed by atoms with E-state index < -0.39 is 0 Å². The first-order valence-corrected chi connectivity index (χ1v) is 6.88. The molecule has 1 N–H and O–H groups in total. The lowest BCUT2D eigenvalue weighted by molar-refractivity contribution is 0.317. The molecule has 0 bridgehead atoms. The lowest BCUT2D eigenvalue weighted by Crippen LogP contribution is -2.32. The highest BCUT2D eigenvalue weighted by atomic mass is 15.0. The molecule has 0 amide bonds. The van der Waals surface area contributed by atoms with Crippen molar-refractivity contribution in [2.45, 2.75) is 52.0 Å². The maximum atomic E-state index is 9.22. The van der Waals surface area contributed by atoms with Gasteiger partial charge < -0.3 is 5.32 Å². The highest BCUT2D eigenvalue weighted by Gasteiger charge is 2.24. The first-order valence-electron chi connectivity index (χ1n) is 6.88. The van der Waals surface area contributed by atoms with Gasteiger partial charge in [-0.2, -0.15) is 5.26 Å². The molecule has 2 unspecified atom stereocenters. The van der Waals surface area contributed by atoms with E-state index in [-0.39, 0.29) is 0 Å². The summed E-state index contributed by atoms with van der Waals surface area (Å²) in [6.07, 6.45) is 8.08. The quantitative estimate of drug-likeness (QED) is 0.881. The highest BCUT2D eigenvalue weighted by Crippen LogP contribution is 2.30. The number of anilines is 1. The van der Waals surface area contributed by atoms with Crippen molar-refractivity contribution in [2.75, 3.05) is 5.32 Å². The van der Waals surface area contributed by atoms with Gasteiger partial charge in [0.15, 0.2) is 0 Å². The van der Waals surface area contributed by atoms with Crippen LogP contribution in [0.5, 0.6) is 0 Å². The average Bonchev–Trinajstić information content (AvgIpc) is 2.40. The summed E-state index contributed by atoms with van der Waals surface area (Å²) in [6.45, 7) is 4.21. The van der Waals surface area contributed by atoms with Crippen LogP contribution in [0.3, 0.4) is 0 Å². The van der Waals surface area contributed by atoms with Crippen LogP contribution in [0.15, 0.2) is 12.3 Å². The van der Waals surface area contributed by atoms with Gasteiger partial charge in [0.2, 0.25) is 0 Å². The molecular formula is C15H21N3. The van der Waals surface area contributed by atoms with E-state index in [0.29, 0.717) is 17.5 Å². The Hall–Kier alpha value is -1.56. The normalized spacial score (nSPS) is 23.4. The van der Waals surface area contributed by atoms with Crippen LogP contribution >= 0.6 is 0 Å². The second-order valence-electron chi connectivity index (χ2n) is 5.17. The number of hydrogen-bond donors (Lipinski definition) is 1. The summed E-state index contributed by atoms with van der Waals surface area (Å²) < 4.78 is 0. The number of aryl methyl sites for hydroxylation is 1. The van der Waals surface area contributed by atoms with Crippen molar-refractivity contribution >= 4 is 5.82 Å². The van der Waals surface area contributed by atoms with E-state index >= 15 is 0 Å². The summed E-state index contributed by atoms with van der Waals surface area (Å²) in [6, 6.07) is 4.63. The van der Waals surface area contributed by atoms with Crippen LogP contribution in [-0.4, -0.2) is 11.0 Å². The zero-order valence-electron chi connectivity index (χ0n) is 11.2. The van der Waals surface area contributed by atoms with Gasteiger partial charge in [-0.25, -0.2) is 4.98 Å². The van der Waals surface area contributed by atoms with Crippen LogP contribution in [0, 0.1) is 24.2 Å². The minimum Gasteiger partial charge on any atom is -0.366 e. The third-order valence-corrected chi connectivity index (χ3v) is 4.03. The van der Waals surface area contributed by atoms with E-state index in [4.69, 9.17) is 0 Å². The number of nitriles is 1. The highest BCUT2D eigenvalue weighted by molar-refractivity contribution is 5.55. The molecule has 1 fully saturated rings.